The number of hydrogen-bond donors (Lipinski definition) is 3. The van der Waals surface area contributed by atoms with Crippen LogP contribution >= 0.6 is 37.2 Å². The van der Waals surface area contributed by atoms with Crippen molar-refractivity contribution in [1.29, 1.82) is 0 Å². The van der Waals surface area contributed by atoms with Crippen molar-refractivity contribution in [3.8, 4) is 11.5 Å². The van der Waals surface area contributed by atoms with E-state index in [0.717, 1.165) is 58.4 Å². The molecule has 2 aromatic rings. The molecule has 0 saturated carbocycles. The Balaban J connectivity index is 0.000000378. The first-order valence-electron chi connectivity index (χ1n) is 18.7. The van der Waals surface area contributed by atoms with Crippen molar-refractivity contribution in [2.24, 2.45) is 0 Å². The van der Waals surface area contributed by atoms with Gasteiger partial charge in [0, 0.05) is 51.7 Å². The van der Waals surface area contributed by atoms with Gasteiger partial charge in [0.2, 0.25) is 0 Å². The van der Waals surface area contributed by atoms with E-state index in [2.05, 4.69) is 25.9 Å². The number of aromatic nitrogens is 2. The molecule has 0 spiro atoms. The first-order chi connectivity index (χ1) is 25.6. The van der Waals surface area contributed by atoms with Crippen LogP contribution in [0.4, 0.5) is 14.4 Å². The molecule has 4 saturated heterocycles. The molecule has 4 aliphatic rings. The summed E-state index contributed by atoms with van der Waals surface area (Å²) < 4.78 is 28.5. The van der Waals surface area contributed by atoms with Crippen molar-refractivity contribution in [1.82, 2.24) is 40.6 Å². The molecule has 316 valence electrons. The lowest BCUT2D eigenvalue weighted by molar-refractivity contribution is -0.0127. The summed E-state index contributed by atoms with van der Waals surface area (Å²) in [6.45, 7) is 12.9. The molecule has 6 rings (SSSR count). The van der Waals surface area contributed by atoms with E-state index in [1.165, 1.54) is 0 Å². The first kappa shape index (κ1) is 48.6. The van der Waals surface area contributed by atoms with Crippen LogP contribution in [0.2, 0.25) is 0 Å². The van der Waals surface area contributed by atoms with E-state index in [4.69, 9.17) is 23.7 Å². The van der Waals surface area contributed by atoms with Crippen molar-refractivity contribution < 1.29 is 38.1 Å². The Morgan fingerprint density at radius 3 is 1.66 bits per heavy atom. The Hall–Kier alpha value is -3.54. The standard InChI is InChI=1S/C21H32N4O5.C16H24N4O3.3ClH/c1-21(2,3)30-19(26)24-11-12-25(20(27)29-17-6-9-22-10-7-17)16(14-24)15-28-18-5-4-8-23-13-18;21-16(23-14-3-6-17-7-4-14)20-9-8-19-10-13(20)12-22-15-2-1-5-18-11-15;;;/h4-5,8,13,16-17,22H,6-7,9-12,14-15H2,1-3H3;1-2,5,11,13-14,17,19H,3-4,6-10,12H2;3*1H. The summed E-state index contributed by atoms with van der Waals surface area (Å²) in [5.41, 5.74) is -0.579. The van der Waals surface area contributed by atoms with Crippen molar-refractivity contribution >= 4 is 55.5 Å². The summed E-state index contributed by atoms with van der Waals surface area (Å²) in [5, 5.41) is 9.84. The molecular formula is C37H59Cl3N8O8. The normalized spacial score (nSPS) is 20.3. The summed E-state index contributed by atoms with van der Waals surface area (Å²) >= 11 is 0. The molecule has 0 radical (unpaired) electrons. The van der Waals surface area contributed by atoms with Gasteiger partial charge in [-0.25, -0.2) is 14.4 Å². The SMILES string of the molecule is CC(C)(C)OC(=O)N1CCN(C(=O)OC2CCNCC2)C(COc2cccnc2)C1.Cl.Cl.Cl.O=C(OC1CCNCC1)N1CCNCC1COc1cccnc1. The molecule has 4 fully saturated rings. The highest BCUT2D eigenvalue weighted by Crippen LogP contribution is 2.20. The van der Waals surface area contributed by atoms with E-state index < -0.39 is 5.60 Å². The minimum atomic E-state index is -0.579. The third-order valence-corrected chi connectivity index (χ3v) is 9.21. The molecule has 19 heteroatoms. The molecule has 4 aliphatic heterocycles. The average Bonchev–Trinajstić information content (AvgIpc) is 3.17. The molecule has 2 unspecified atom stereocenters. The number of rotatable bonds is 8. The number of pyridine rings is 2. The second-order valence-electron chi connectivity index (χ2n) is 14.5. The van der Waals surface area contributed by atoms with E-state index in [1.54, 1.807) is 51.6 Å². The second-order valence-corrected chi connectivity index (χ2v) is 14.5. The Morgan fingerprint density at radius 1 is 0.679 bits per heavy atom. The summed E-state index contributed by atoms with van der Waals surface area (Å²) in [6, 6.07) is 6.91. The van der Waals surface area contributed by atoms with Crippen LogP contribution in [-0.2, 0) is 14.2 Å². The smallest absolute Gasteiger partial charge is 0.410 e. The lowest BCUT2D eigenvalue weighted by Crippen LogP contribution is -2.59. The number of ether oxygens (including phenoxy) is 5. The fraction of sp³-hybridized carbons (Fsp3) is 0.649. The maximum absolute atomic E-state index is 12.9. The molecule has 2 aromatic heterocycles. The predicted molar refractivity (Wildman–Crippen MR) is 218 cm³/mol. The Morgan fingerprint density at radius 2 is 1.18 bits per heavy atom. The maximum Gasteiger partial charge on any atom is 0.410 e. The van der Waals surface area contributed by atoms with Crippen molar-refractivity contribution in [3.63, 3.8) is 0 Å². The van der Waals surface area contributed by atoms with Gasteiger partial charge in [-0.3, -0.25) is 19.8 Å². The molecule has 3 amide bonds. The van der Waals surface area contributed by atoms with Gasteiger partial charge >= 0.3 is 18.3 Å². The molecule has 0 aliphatic carbocycles. The van der Waals surface area contributed by atoms with Crippen molar-refractivity contribution in [2.75, 3.05) is 78.7 Å². The number of amides is 3. The zero-order chi connectivity index (χ0) is 37.5. The fourth-order valence-corrected chi connectivity index (χ4v) is 6.38. The number of nitrogens with one attached hydrogen (secondary N) is 3. The summed E-state index contributed by atoms with van der Waals surface area (Å²) in [4.78, 5) is 51.0. The van der Waals surface area contributed by atoms with Gasteiger partial charge in [0.25, 0.3) is 0 Å². The van der Waals surface area contributed by atoms with E-state index in [-0.39, 0.29) is 86.4 Å². The van der Waals surface area contributed by atoms with Gasteiger partial charge in [0.05, 0.1) is 24.5 Å². The maximum atomic E-state index is 12.9. The molecular weight excluding hydrogens is 791 g/mol. The second kappa shape index (κ2) is 25.0. The van der Waals surface area contributed by atoms with Crippen LogP contribution < -0.4 is 25.4 Å². The van der Waals surface area contributed by atoms with E-state index in [0.29, 0.717) is 50.8 Å². The third-order valence-electron chi connectivity index (χ3n) is 9.21. The van der Waals surface area contributed by atoms with Gasteiger partial charge in [0.1, 0.15) is 42.5 Å². The van der Waals surface area contributed by atoms with Gasteiger partial charge in [-0.1, -0.05) is 0 Å². The highest BCUT2D eigenvalue weighted by atomic mass is 35.5. The van der Waals surface area contributed by atoms with Crippen LogP contribution in [0.1, 0.15) is 46.5 Å². The monoisotopic (exact) mass is 848 g/mol. The highest BCUT2D eigenvalue weighted by Gasteiger charge is 2.37. The molecule has 16 nitrogen and oxygen atoms in total. The third kappa shape index (κ3) is 16.1. The number of piperidine rings is 2. The number of nitrogens with zero attached hydrogens (tertiary/aromatic N) is 5. The van der Waals surface area contributed by atoms with Crippen molar-refractivity contribution in [3.05, 3.63) is 49.1 Å². The van der Waals surface area contributed by atoms with E-state index in [1.807, 2.05) is 32.9 Å². The fourth-order valence-electron chi connectivity index (χ4n) is 6.38. The number of carbonyl (C=O) groups is 3. The molecule has 6 heterocycles. The number of carbonyl (C=O) groups excluding carboxylic acids is 3. The van der Waals surface area contributed by atoms with Crippen LogP contribution in [0.5, 0.6) is 11.5 Å². The molecule has 2 atom stereocenters. The zero-order valence-electron chi connectivity index (χ0n) is 32.5. The number of piperazine rings is 2. The Kier molecular flexibility index (Phi) is 21.7. The largest absolute Gasteiger partial charge is 0.490 e. The van der Waals surface area contributed by atoms with Gasteiger partial charge in [-0.05, 0) is 96.9 Å². The van der Waals surface area contributed by atoms with E-state index >= 15 is 0 Å². The average molecular weight is 850 g/mol. The first-order valence-corrected chi connectivity index (χ1v) is 18.7. The minimum absolute atomic E-state index is 0. The van der Waals surface area contributed by atoms with Crippen LogP contribution in [0.25, 0.3) is 0 Å². The molecule has 0 aromatic carbocycles. The lowest BCUT2D eigenvalue weighted by Gasteiger charge is -2.41. The summed E-state index contributed by atoms with van der Waals surface area (Å²) in [7, 11) is 0. The molecule has 3 N–H and O–H groups in total. The van der Waals surface area contributed by atoms with Crippen LogP contribution in [0.3, 0.4) is 0 Å². The van der Waals surface area contributed by atoms with Gasteiger partial charge in [0.15, 0.2) is 0 Å². The Labute approximate surface area is 348 Å². The van der Waals surface area contributed by atoms with Gasteiger partial charge in [-0.15, -0.1) is 37.2 Å². The van der Waals surface area contributed by atoms with Gasteiger partial charge < -0.3 is 44.5 Å². The van der Waals surface area contributed by atoms with E-state index in [9.17, 15) is 14.4 Å². The summed E-state index contributed by atoms with van der Waals surface area (Å²) in [6.07, 6.45) is 9.02. The highest BCUT2D eigenvalue weighted by molar-refractivity contribution is 5.86. The molecule has 56 heavy (non-hydrogen) atoms. The van der Waals surface area contributed by atoms with Crippen LogP contribution in [0, 0.1) is 0 Å². The predicted octanol–water partition coefficient (Wildman–Crippen LogP) is 4.16. The minimum Gasteiger partial charge on any atom is -0.490 e. The quantitative estimate of drug-likeness (QED) is 0.325. The zero-order valence-corrected chi connectivity index (χ0v) is 34.9. The van der Waals surface area contributed by atoms with Crippen LogP contribution in [-0.4, -0.2) is 152 Å². The molecule has 0 bridgehead atoms. The topological polar surface area (TPSA) is 169 Å². The van der Waals surface area contributed by atoms with Crippen LogP contribution in [0.15, 0.2) is 49.1 Å². The van der Waals surface area contributed by atoms with Crippen molar-refractivity contribution in [2.45, 2.75) is 76.3 Å². The van der Waals surface area contributed by atoms with Gasteiger partial charge in [-0.2, -0.15) is 0 Å². The number of hydrogen-bond acceptors (Lipinski definition) is 13. The Bertz CT molecular complexity index is 1420. The number of halogens is 3. The summed E-state index contributed by atoms with van der Waals surface area (Å²) in [5.74, 6) is 1.32. The lowest BCUT2D eigenvalue weighted by atomic mass is 10.1.